The molecule has 0 spiro atoms. The van der Waals surface area contributed by atoms with Crippen molar-refractivity contribution in [2.24, 2.45) is 11.7 Å². The van der Waals surface area contributed by atoms with Crippen LogP contribution in [0.1, 0.15) is 25.8 Å². The molecule has 3 N–H and O–H groups in total. The molecular formula is C14H21FN2O. The molecular weight excluding hydrogens is 231 g/mol. The Bertz CT molecular complexity index is 393. The summed E-state index contributed by atoms with van der Waals surface area (Å²) in [6.45, 7) is 4.55. The van der Waals surface area contributed by atoms with Gasteiger partial charge in [0.25, 0.3) is 0 Å². The van der Waals surface area contributed by atoms with Gasteiger partial charge >= 0.3 is 0 Å². The minimum Gasteiger partial charge on any atom is -0.352 e. The number of carbonyl (C=O) groups is 1. The predicted molar refractivity (Wildman–Crippen MR) is 70.5 cm³/mol. The highest BCUT2D eigenvalue weighted by molar-refractivity contribution is 5.78. The molecule has 0 heterocycles. The summed E-state index contributed by atoms with van der Waals surface area (Å²) >= 11 is 0. The van der Waals surface area contributed by atoms with Crippen LogP contribution in [0.3, 0.4) is 0 Å². The fourth-order valence-corrected chi connectivity index (χ4v) is 1.88. The van der Waals surface area contributed by atoms with Crippen molar-refractivity contribution in [2.75, 3.05) is 6.54 Å². The van der Waals surface area contributed by atoms with Gasteiger partial charge in [0.1, 0.15) is 5.82 Å². The maximum Gasteiger partial charge on any atom is 0.224 e. The first-order valence-electron chi connectivity index (χ1n) is 6.25. The van der Waals surface area contributed by atoms with E-state index in [1.807, 2.05) is 0 Å². The van der Waals surface area contributed by atoms with Crippen LogP contribution >= 0.6 is 0 Å². The first kappa shape index (κ1) is 14.6. The summed E-state index contributed by atoms with van der Waals surface area (Å²) in [7, 11) is 0. The zero-order chi connectivity index (χ0) is 13.5. The minimum absolute atomic E-state index is 0.0377. The predicted octanol–water partition coefficient (Wildman–Crippen LogP) is 1.86. The van der Waals surface area contributed by atoms with E-state index in [9.17, 15) is 9.18 Å². The van der Waals surface area contributed by atoms with E-state index in [-0.39, 0.29) is 24.2 Å². The lowest BCUT2D eigenvalue weighted by molar-refractivity contribution is -0.121. The van der Waals surface area contributed by atoms with Crippen LogP contribution in [0.25, 0.3) is 0 Å². The molecule has 0 bridgehead atoms. The number of rotatable bonds is 6. The van der Waals surface area contributed by atoms with Crippen molar-refractivity contribution in [3.05, 3.63) is 35.6 Å². The fourth-order valence-electron chi connectivity index (χ4n) is 1.88. The van der Waals surface area contributed by atoms with Gasteiger partial charge in [0.15, 0.2) is 0 Å². The summed E-state index contributed by atoms with van der Waals surface area (Å²) in [6, 6.07) is 6.27. The van der Waals surface area contributed by atoms with Crippen molar-refractivity contribution in [1.82, 2.24) is 5.32 Å². The number of hydrogen-bond acceptors (Lipinski definition) is 2. The van der Waals surface area contributed by atoms with Gasteiger partial charge in [-0.25, -0.2) is 4.39 Å². The van der Waals surface area contributed by atoms with Crippen LogP contribution in [-0.4, -0.2) is 18.5 Å². The normalized spacial score (nSPS) is 12.5. The molecule has 0 fully saturated rings. The van der Waals surface area contributed by atoms with Crippen molar-refractivity contribution in [3.8, 4) is 0 Å². The van der Waals surface area contributed by atoms with E-state index in [2.05, 4.69) is 19.2 Å². The van der Waals surface area contributed by atoms with Gasteiger partial charge in [0.2, 0.25) is 5.91 Å². The van der Waals surface area contributed by atoms with E-state index in [4.69, 9.17) is 5.73 Å². The average Bonchev–Trinajstić information content (AvgIpc) is 2.30. The zero-order valence-corrected chi connectivity index (χ0v) is 10.9. The molecule has 0 aliphatic rings. The van der Waals surface area contributed by atoms with E-state index < -0.39 is 0 Å². The molecule has 1 aromatic rings. The Kier molecular flexibility index (Phi) is 5.78. The van der Waals surface area contributed by atoms with E-state index in [1.165, 1.54) is 6.07 Å². The topological polar surface area (TPSA) is 55.1 Å². The molecule has 0 radical (unpaired) electrons. The maximum absolute atomic E-state index is 13.4. The number of nitrogens with two attached hydrogens (primary N) is 1. The Hall–Kier alpha value is -1.42. The third-order valence-electron chi connectivity index (χ3n) is 2.71. The third-order valence-corrected chi connectivity index (χ3v) is 2.71. The molecule has 1 amide bonds. The lowest BCUT2D eigenvalue weighted by Gasteiger charge is -2.18. The van der Waals surface area contributed by atoms with Crippen molar-refractivity contribution < 1.29 is 9.18 Å². The molecule has 0 saturated heterocycles. The van der Waals surface area contributed by atoms with E-state index >= 15 is 0 Å². The van der Waals surface area contributed by atoms with Crippen molar-refractivity contribution in [2.45, 2.75) is 32.7 Å². The summed E-state index contributed by atoms with van der Waals surface area (Å²) in [5, 5.41) is 2.84. The van der Waals surface area contributed by atoms with Crippen LogP contribution < -0.4 is 11.1 Å². The molecule has 1 unspecified atom stereocenters. The van der Waals surface area contributed by atoms with Gasteiger partial charge in [0, 0.05) is 12.6 Å². The van der Waals surface area contributed by atoms with Crippen molar-refractivity contribution in [3.63, 3.8) is 0 Å². The summed E-state index contributed by atoms with van der Waals surface area (Å²) in [5.74, 6) is -0.0654. The van der Waals surface area contributed by atoms with Crippen LogP contribution in [0, 0.1) is 11.7 Å². The van der Waals surface area contributed by atoms with Gasteiger partial charge in [-0.2, -0.15) is 0 Å². The molecule has 1 aromatic carbocycles. The summed E-state index contributed by atoms with van der Waals surface area (Å²) in [6.07, 6.45) is 0.890. The average molecular weight is 252 g/mol. The smallest absolute Gasteiger partial charge is 0.224 e. The van der Waals surface area contributed by atoms with Gasteiger partial charge in [-0.05, 0) is 24.0 Å². The van der Waals surface area contributed by atoms with E-state index in [1.54, 1.807) is 18.2 Å². The second-order valence-corrected chi connectivity index (χ2v) is 4.90. The van der Waals surface area contributed by atoms with Gasteiger partial charge in [-0.3, -0.25) is 4.79 Å². The van der Waals surface area contributed by atoms with Gasteiger partial charge in [-0.1, -0.05) is 32.0 Å². The maximum atomic E-state index is 13.4. The Morgan fingerprint density at radius 3 is 2.61 bits per heavy atom. The Morgan fingerprint density at radius 2 is 2.06 bits per heavy atom. The summed E-state index contributed by atoms with van der Waals surface area (Å²) < 4.78 is 13.4. The fraction of sp³-hybridized carbons (Fsp3) is 0.500. The van der Waals surface area contributed by atoms with Crippen LogP contribution in [0.4, 0.5) is 4.39 Å². The highest BCUT2D eigenvalue weighted by Gasteiger charge is 2.13. The Labute approximate surface area is 108 Å². The number of amides is 1. The van der Waals surface area contributed by atoms with E-state index in [0.717, 1.165) is 6.42 Å². The molecule has 0 aromatic heterocycles. The molecule has 1 rings (SSSR count). The SMILES string of the molecule is CC(C)CC(CN)NC(=O)Cc1ccccc1F. The Balaban J connectivity index is 2.53. The zero-order valence-electron chi connectivity index (χ0n) is 10.9. The minimum atomic E-state index is -0.346. The lowest BCUT2D eigenvalue weighted by Crippen LogP contribution is -2.41. The number of benzene rings is 1. The number of carbonyl (C=O) groups excluding carboxylic acids is 1. The monoisotopic (exact) mass is 252 g/mol. The molecule has 100 valence electrons. The summed E-state index contributed by atoms with van der Waals surface area (Å²) in [5.41, 5.74) is 6.02. The van der Waals surface area contributed by atoms with Crippen molar-refractivity contribution >= 4 is 5.91 Å². The quantitative estimate of drug-likeness (QED) is 0.812. The second-order valence-electron chi connectivity index (χ2n) is 4.90. The van der Waals surface area contributed by atoms with Gasteiger partial charge < -0.3 is 11.1 Å². The number of hydrogen-bond donors (Lipinski definition) is 2. The van der Waals surface area contributed by atoms with E-state index in [0.29, 0.717) is 18.0 Å². The molecule has 4 heteroatoms. The summed E-state index contributed by atoms with van der Waals surface area (Å²) in [4.78, 5) is 11.8. The first-order chi connectivity index (χ1) is 8.52. The largest absolute Gasteiger partial charge is 0.352 e. The Morgan fingerprint density at radius 1 is 1.39 bits per heavy atom. The molecule has 0 saturated carbocycles. The van der Waals surface area contributed by atoms with Crippen molar-refractivity contribution in [1.29, 1.82) is 0 Å². The number of nitrogens with one attached hydrogen (secondary N) is 1. The highest BCUT2D eigenvalue weighted by Crippen LogP contribution is 2.08. The van der Waals surface area contributed by atoms with Gasteiger partial charge in [0.05, 0.1) is 6.42 Å². The highest BCUT2D eigenvalue weighted by atomic mass is 19.1. The molecule has 0 aliphatic carbocycles. The third kappa shape index (κ3) is 4.84. The number of halogens is 1. The molecule has 3 nitrogen and oxygen atoms in total. The van der Waals surface area contributed by atoms with Crippen LogP contribution in [0.5, 0.6) is 0 Å². The van der Waals surface area contributed by atoms with Gasteiger partial charge in [-0.15, -0.1) is 0 Å². The second kappa shape index (κ2) is 7.11. The molecule has 1 atom stereocenters. The molecule has 18 heavy (non-hydrogen) atoms. The van der Waals surface area contributed by atoms with Crippen LogP contribution in [-0.2, 0) is 11.2 Å². The standard InChI is InChI=1S/C14H21FN2O/c1-10(2)7-12(9-16)17-14(18)8-11-5-3-4-6-13(11)15/h3-6,10,12H,7-9,16H2,1-2H3,(H,17,18). The first-order valence-corrected chi connectivity index (χ1v) is 6.25. The molecule has 0 aliphatic heterocycles. The van der Waals surface area contributed by atoms with Crippen LogP contribution in [0.2, 0.25) is 0 Å². The lowest BCUT2D eigenvalue weighted by atomic mass is 10.0. The van der Waals surface area contributed by atoms with Crippen LogP contribution in [0.15, 0.2) is 24.3 Å².